The van der Waals surface area contributed by atoms with Crippen LogP contribution in [-0.2, 0) is 16.6 Å². The van der Waals surface area contributed by atoms with Crippen LogP contribution in [0.25, 0.3) is 0 Å². The van der Waals surface area contributed by atoms with Crippen molar-refractivity contribution < 1.29 is 13.2 Å². The number of hydrogen-bond donors (Lipinski definition) is 2. The highest BCUT2D eigenvalue weighted by Crippen LogP contribution is 2.14. The molecule has 0 aromatic carbocycles. The van der Waals surface area contributed by atoms with Crippen molar-refractivity contribution in [2.75, 3.05) is 16.7 Å². The molecule has 0 spiro atoms. The zero-order valence-electron chi connectivity index (χ0n) is 11.7. The SMILES string of the molecule is Cc1nn(C(=O)Cn2ncc(NS(C)(=O)=O)n2)c(C)c1N. The van der Waals surface area contributed by atoms with Crippen molar-refractivity contribution in [3.05, 3.63) is 17.6 Å². The summed E-state index contributed by atoms with van der Waals surface area (Å²) in [6.07, 6.45) is 2.21. The van der Waals surface area contributed by atoms with Crippen LogP contribution in [0, 0.1) is 13.8 Å². The van der Waals surface area contributed by atoms with Gasteiger partial charge < -0.3 is 5.73 Å². The molecule has 114 valence electrons. The number of aryl methyl sites for hydroxylation is 1. The van der Waals surface area contributed by atoms with Gasteiger partial charge in [-0.15, -0.1) is 5.10 Å². The van der Waals surface area contributed by atoms with Crippen molar-refractivity contribution in [2.24, 2.45) is 0 Å². The fraction of sp³-hybridized carbons (Fsp3) is 0.400. The Morgan fingerprint density at radius 2 is 2.05 bits per heavy atom. The summed E-state index contributed by atoms with van der Waals surface area (Å²) >= 11 is 0. The topological polar surface area (TPSA) is 138 Å². The maximum absolute atomic E-state index is 12.1. The van der Waals surface area contributed by atoms with E-state index < -0.39 is 10.0 Å². The summed E-state index contributed by atoms with van der Waals surface area (Å²) in [6.45, 7) is 3.19. The first-order valence-electron chi connectivity index (χ1n) is 5.90. The minimum atomic E-state index is -3.44. The highest BCUT2D eigenvalue weighted by molar-refractivity contribution is 7.92. The van der Waals surface area contributed by atoms with Crippen LogP contribution < -0.4 is 10.5 Å². The van der Waals surface area contributed by atoms with Crippen LogP contribution in [0.1, 0.15) is 16.2 Å². The van der Waals surface area contributed by atoms with Crippen molar-refractivity contribution in [3.8, 4) is 0 Å². The predicted molar refractivity (Wildman–Crippen MR) is 75.2 cm³/mol. The Balaban J connectivity index is 2.15. The molecular weight excluding hydrogens is 298 g/mol. The lowest BCUT2D eigenvalue weighted by Gasteiger charge is -2.02. The molecule has 0 bridgehead atoms. The van der Waals surface area contributed by atoms with E-state index >= 15 is 0 Å². The van der Waals surface area contributed by atoms with Crippen LogP contribution in [0.4, 0.5) is 11.5 Å². The van der Waals surface area contributed by atoms with Crippen molar-refractivity contribution in [3.63, 3.8) is 0 Å². The Morgan fingerprint density at radius 1 is 1.38 bits per heavy atom. The Hall–Kier alpha value is -2.43. The third-order valence-corrected chi connectivity index (χ3v) is 3.27. The zero-order valence-corrected chi connectivity index (χ0v) is 12.5. The van der Waals surface area contributed by atoms with Crippen LogP contribution >= 0.6 is 0 Å². The first kappa shape index (κ1) is 15.0. The molecule has 0 amide bonds. The van der Waals surface area contributed by atoms with Gasteiger partial charge >= 0.3 is 0 Å². The molecule has 0 aliphatic carbocycles. The first-order chi connectivity index (χ1) is 9.67. The van der Waals surface area contributed by atoms with E-state index in [2.05, 4.69) is 20.0 Å². The van der Waals surface area contributed by atoms with Gasteiger partial charge in [-0.3, -0.25) is 9.52 Å². The summed E-state index contributed by atoms with van der Waals surface area (Å²) in [7, 11) is -3.44. The van der Waals surface area contributed by atoms with Gasteiger partial charge in [0.15, 0.2) is 5.82 Å². The molecule has 0 fully saturated rings. The lowest BCUT2D eigenvalue weighted by molar-refractivity contribution is 0.0861. The molecule has 0 radical (unpaired) electrons. The van der Waals surface area contributed by atoms with Gasteiger partial charge in [0.25, 0.3) is 5.91 Å². The molecule has 2 rings (SSSR count). The summed E-state index contributed by atoms with van der Waals surface area (Å²) in [5.41, 5.74) is 7.32. The Bertz CT molecular complexity index is 790. The molecule has 0 aliphatic heterocycles. The average molecular weight is 313 g/mol. The van der Waals surface area contributed by atoms with E-state index in [0.29, 0.717) is 17.1 Å². The monoisotopic (exact) mass is 313 g/mol. The van der Waals surface area contributed by atoms with E-state index in [9.17, 15) is 13.2 Å². The standard InChI is InChI=1S/C10H15N7O3S/c1-6-10(11)7(2)17(13-6)9(18)5-16-12-4-8(14-16)15-21(3,19)20/h4H,5,11H2,1-3H3,(H,14,15). The maximum atomic E-state index is 12.1. The molecule has 0 saturated heterocycles. The van der Waals surface area contributed by atoms with Gasteiger partial charge in [-0.25, -0.2) is 13.1 Å². The van der Waals surface area contributed by atoms with Crippen molar-refractivity contribution in [1.82, 2.24) is 24.8 Å². The number of carbonyl (C=O) groups excluding carboxylic acids is 1. The second-order valence-electron chi connectivity index (χ2n) is 4.52. The highest BCUT2D eigenvalue weighted by atomic mass is 32.2. The second kappa shape index (κ2) is 5.16. The molecule has 10 nitrogen and oxygen atoms in total. The minimum Gasteiger partial charge on any atom is -0.396 e. The number of carbonyl (C=O) groups is 1. The number of aromatic nitrogens is 5. The van der Waals surface area contributed by atoms with E-state index in [-0.39, 0.29) is 18.3 Å². The van der Waals surface area contributed by atoms with Crippen LogP contribution in [0.15, 0.2) is 6.20 Å². The van der Waals surface area contributed by atoms with Crippen molar-refractivity contribution in [1.29, 1.82) is 0 Å². The summed E-state index contributed by atoms with van der Waals surface area (Å²) in [5.74, 6) is -0.341. The van der Waals surface area contributed by atoms with Crippen LogP contribution in [-0.4, -0.2) is 45.4 Å². The van der Waals surface area contributed by atoms with Gasteiger partial charge in [0.05, 0.1) is 29.5 Å². The number of rotatable bonds is 4. The Morgan fingerprint density at radius 3 is 2.57 bits per heavy atom. The van der Waals surface area contributed by atoms with E-state index in [1.807, 2.05) is 0 Å². The number of hydrogen-bond acceptors (Lipinski definition) is 7. The van der Waals surface area contributed by atoms with Crippen LogP contribution in [0.5, 0.6) is 0 Å². The molecule has 0 saturated carbocycles. The quantitative estimate of drug-likeness (QED) is 0.767. The predicted octanol–water partition coefficient (Wildman–Crippen LogP) is -0.614. The summed E-state index contributed by atoms with van der Waals surface area (Å²) in [4.78, 5) is 13.2. The van der Waals surface area contributed by atoms with Gasteiger partial charge in [-0.1, -0.05) is 0 Å². The average Bonchev–Trinajstić information content (AvgIpc) is 2.87. The van der Waals surface area contributed by atoms with E-state index in [1.54, 1.807) is 13.8 Å². The number of nitrogen functional groups attached to an aromatic ring is 1. The third kappa shape index (κ3) is 3.37. The highest BCUT2D eigenvalue weighted by Gasteiger charge is 2.16. The van der Waals surface area contributed by atoms with Crippen LogP contribution in [0.3, 0.4) is 0 Å². The molecule has 0 atom stereocenters. The number of nitrogens with zero attached hydrogens (tertiary/aromatic N) is 5. The molecule has 0 aliphatic rings. The first-order valence-corrected chi connectivity index (χ1v) is 7.79. The fourth-order valence-electron chi connectivity index (χ4n) is 1.70. The van der Waals surface area contributed by atoms with Gasteiger partial charge in [-0.2, -0.15) is 15.0 Å². The molecule has 0 unspecified atom stereocenters. The fourth-order valence-corrected chi connectivity index (χ4v) is 2.17. The second-order valence-corrected chi connectivity index (χ2v) is 6.27. The molecule has 11 heteroatoms. The lowest BCUT2D eigenvalue weighted by Crippen LogP contribution is -2.22. The molecular formula is C10H15N7O3S. The summed E-state index contributed by atoms with van der Waals surface area (Å²) < 4.78 is 25.5. The van der Waals surface area contributed by atoms with Gasteiger partial charge in [0.2, 0.25) is 10.0 Å². The third-order valence-electron chi connectivity index (χ3n) is 2.69. The normalized spacial score (nSPS) is 11.6. The number of nitrogens with one attached hydrogen (secondary N) is 1. The van der Waals surface area contributed by atoms with Gasteiger partial charge in [0, 0.05) is 0 Å². The summed E-state index contributed by atoms with van der Waals surface area (Å²) in [5, 5.41) is 11.7. The number of anilines is 2. The minimum absolute atomic E-state index is 0.0400. The number of sulfonamides is 1. The van der Waals surface area contributed by atoms with Gasteiger partial charge in [-0.05, 0) is 13.8 Å². The Labute approximate surface area is 121 Å². The smallest absolute Gasteiger partial charge is 0.270 e. The largest absolute Gasteiger partial charge is 0.396 e. The zero-order chi connectivity index (χ0) is 15.8. The molecule has 3 N–H and O–H groups in total. The molecule has 21 heavy (non-hydrogen) atoms. The van der Waals surface area contributed by atoms with Crippen molar-refractivity contribution in [2.45, 2.75) is 20.4 Å². The molecule has 2 aromatic heterocycles. The van der Waals surface area contributed by atoms with Crippen LogP contribution in [0.2, 0.25) is 0 Å². The lowest BCUT2D eigenvalue weighted by atomic mass is 10.3. The van der Waals surface area contributed by atoms with E-state index in [1.165, 1.54) is 10.9 Å². The van der Waals surface area contributed by atoms with Crippen molar-refractivity contribution >= 4 is 27.4 Å². The molecule has 2 aromatic rings. The molecule has 2 heterocycles. The summed E-state index contributed by atoms with van der Waals surface area (Å²) in [6, 6.07) is 0. The van der Waals surface area contributed by atoms with Gasteiger partial charge in [0.1, 0.15) is 6.54 Å². The Kier molecular flexibility index (Phi) is 3.68. The number of nitrogens with two attached hydrogens (primary N) is 1. The maximum Gasteiger partial charge on any atom is 0.270 e. The van der Waals surface area contributed by atoms with E-state index in [0.717, 1.165) is 11.1 Å². The van der Waals surface area contributed by atoms with E-state index in [4.69, 9.17) is 5.73 Å².